The van der Waals surface area contributed by atoms with E-state index in [2.05, 4.69) is 45.5 Å². The first-order valence-corrected chi connectivity index (χ1v) is 11.8. The summed E-state index contributed by atoms with van der Waals surface area (Å²) in [6.45, 7) is 1.67. The van der Waals surface area contributed by atoms with Crippen molar-refractivity contribution in [2.45, 2.75) is 56.7 Å². The van der Waals surface area contributed by atoms with Crippen molar-refractivity contribution >= 4 is 0 Å². The molecule has 6 heteroatoms. The Hall–Kier alpha value is -2.57. The highest BCUT2D eigenvalue weighted by molar-refractivity contribution is 5.57. The van der Waals surface area contributed by atoms with E-state index >= 15 is 0 Å². The van der Waals surface area contributed by atoms with E-state index < -0.39 is 6.10 Å². The van der Waals surface area contributed by atoms with Gasteiger partial charge in [0.15, 0.2) is 0 Å². The van der Waals surface area contributed by atoms with Gasteiger partial charge >= 0.3 is 0 Å². The Balaban J connectivity index is 1.38. The average molecular weight is 435 g/mol. The van der Waals surface area contributed by atoms with Crippen molar-refractivity contribution < 1.29 is 9.50 Å². The molecule has 0 radical (unpaired) electrons. The maximum atomic E-state index is 13.3. The molecule has 0 bridgehead atoms. The van der Waals surface area contributed by atoms with Crippen LogP contribution < -0.4 is 0 Å². The van der Waals surface area contributed by atoms with Crippen molar-refractivity contribution in [1.29, 1.82) is 0 Å². The average Bonchev–Trinajstić information content (AvgIpc) is 3.31. The van der Waals surface area contributed by atoms with E-state index in [1.165, 1.54) is 49.8 Å². The molecule has 1 aliphatic heterocycles. The van der Waals surface area contributed by atoms with Gasteiger partial charge in [-0.05, 0) is 55.0 Å². The van der Waals surface area contributed by atoms with Crippen LogP contribution in [0.3, 0.4) is 0 Å². The molecule has 32 heavy (non-hydrogen) atoms. The summed E-state index contributed by atoms with van der Waals surface area (Å²) < 4.78 is 15.1. The zero-order valence-electron chi connectivity index (χ0n) is 18.4. The van der Waals surface area contributed by atoms with Crippen molar-refractivity contribution in [2.75, 3.05) is 13.1 Å². The Kier molecular flexibility index (Phi) is 6.32. The summed E-state index contributed by atoms with van der Waals surface area (Å²) in [5.74, 6) is 0.447. The van der Waals surface area contributed by atoms with Crippen LogP contribution in [-0.4, -0.2) is 44.2 Å². The molecule has 1 aromatic heterocycles. The number of aliphatic hydroxyl groups excluding tert-OH is 1. The highest BCUT2D eigenvalue weighted by Crippen LogP contribution is 2.38. The number of benzene rings is 2. The van der Waals surface area contributed by atoms with Gasteiger partial charge in [-0.2, -0.15) is 0 Å². The van der Waals surface area contributed by atoms with Crippen LogP contribution in [0.4, 0.5) is 4.39 Å². The fourth-order valence-corrected chi connectivity index (χ4v) is 5.43. The van der Waals surface area contributed by atoms with E-state index in [0.717, 1.165) is 24.4 Å². The third kappa shape index (κ3) is 4.62. The van der Waals surface area contributed by atoms with Gasteiger partial charge in [-0.15, -0.1) is 5.10 Å². The molecule has 168 valence electrons. The quantitative estimate of drug-likeness (QED) is 0.613. The smallest absolute Gasteiger partial charge is 0.123 e. The predicted molar refractivity (Wildman–Crippen MR) is 122 cm³/mol. The molecule has 1 aliphatic carbocycles. The number of likely N-dealkylation sites (tertiary alicyclic amines) is 1. The van der Waals surface area contributed by atoms with Gasteiger partial charge in [0.2, 0.25) is 0 Å². The van der Waals surface area contributed by atoms with Crippen LogP contribution >= 0.6 is 0 Å². The number of aromatic nitrogens is 3. The Morgan fingerprint density at radius 1 is 0.969 bits per heavy atom. The van der Waals surface area contributed by atoms with E-state index in [1.807, 2.05) is 6.20 Å². The highest BCUT2D eigenvalue weighted by atomic mass is 19.1. The van der Waals surface area contributed by atoms with Crippen LogP contribution in [-0.2, 0) is 0 Å². The summed E-state index contributed by atoms with van der Waals surface area (Å²) >= 11 is 0. The summed E-state index contributed by atoms with van der Waals surface area (Å²) in [6, 6.07) is 17.0. The first kappa shape index (κ1) is 21.3. The van der Waals surface area contributed by atoms with Crippen LogP contribution in [0.1, 0.15) is 56.2 Å². The Labute approximate surface area is 188 Å². The van der Waals surface area contributed by atoms with Gasteiger partial charge in [-0.3, -0.25) is 4.90 Å². The molecule has 5 rings (SSSR count). The van der Waals surface area contributed by atoms with Crippen molar-refractivity contribution in [1.82, 2.24) is 19.9 Å². The van der Waals surface area contributed by atoms with E-state index in [1.54, 1.807) is 16.8 Å². The maximum Gasteiger partial charge on any atom is 0.123 e. The molecule has 1 saturated carbocycles. The lowest BCUT2D eigenvalue weighted by Gasteiger charge is -2.44. The van der Waals surface area contributed by atoms with Gasteiger partial charge in [0.05, 0.1) is 18.3 Å². The van der Waals surface area contributed by atoms with Crippen molar-refractivity contribution in [2.24, 2.45) is 5.92 Å². The van der Waals surface area contributed by atoms with E-state index in [-0.39, 0.29) is 17.9 Å². The lowest BCUT2D eigenvalue weighted by Crippen LogP contribution is -2.48. The summed E-state index contributed by atoms with van der Waals surface area (Å²) in [4.78, 5) is 2.49. The molecule has 2 heterocycles. The lowest BCUT2D eigenvalue weighted by atomic mass is 9.85. The van der Waals surface area contributed by atoms with E-state index in [0.29, 0.717) is 12.2 Å². The second-order valence-electron chi connectivity index (χ2n) is 9.35. The minimum absolute atomic E-state index is 0.149. The second kappa shape index (κ2) is 9.51. The molecule has 1 N–H and O–H groups in total. The fraction of sp³-hybridized carbons (Fsp3) is 0.462. The zero-order valence-corrected chi connectivity index (χ0v) is 18.4. The Morgan fingerprint density at radius 2 is 1.72 bits per heavy atom. The number of β-amino-alcohol motifs (C(OH)–C–C–N with tert-alkyl or cyclic N) is 1. The molecule has 3 atom stereocenters. The third-order valence-electron chi connectivity index (χ3n) is 7.16. The maximum absolute atomic E-state index is 13.3. The molecular formula is C26H31FN4O. The molecule has 1 saturated heterocycles. The number of hydrogen-bond acceptors (Lipinski definition) is 4. The van der Waals surface area contributed by atoms with Crippen LogP contribution in [0, 0.1) is 11.7 Å². The van der Waals surface area contributed by atoms with E-state index in [4.69, 9.17) is 0 Å². The monoisotopic (exact) mass is 434 g/mol. The van der Waals surface area contributed by atoms with Gasteiger partial charge in [0, 0.05) is 24.7 Å². The SMILES string of the molecule is O[C@@H]1CN(CC2CCCCC2)[C@@H](c2ccccc2)C[C@@H]1n1cc(-c2ccc(F)cc2)nn1. The molecule has 0 unspecified atom stereocenters. The van der Waals surface area contributed by atoms with Gasteiger partial charge in [0.1, 0.15) is 11.5 Å². The molecule has 2 aromatic carbocycles. The normalized spacial score (nSPS) is 25.1. The summed E-state index contributed by atoms with van der Waals surface area (Å²) in [7, 11) is 0. The van der Waals surface area contributed by atoms with Crippen molar-refractivity contribution in [3.8, 4) is 11.3 Å². The van der Waals surface area contributed by atoms with Gasteiger partial charge in [-0.1, -0.05) is 54.8 Å². The minimum atomic E-state index is -0.513. The van der Waals surface area contributed by atoms with Gasteiger partial charge in [-0.25, -0.2) is 9.07 Å². The standard InChI is InChI=1S/C26H31FN4O/c27-22-13-11-20(12-14-22)23-17-31(29-28-23)25-15-24(21-9-5-2-6-10-21)30(18-26(25)32)16-19-7-3-1-4-8-19/h2,5-6,9-14,17,19,24-26,32H,1,3-4,7-8,15-16,18H2/t24-,25+,26-/m1/s1. The Morgan fingerprint density at radius 3 is 2.47 bits per heavy atom. The van der Waals surface area contributed by atoms with Crippen LogP contribution in [0.5, 0.6) is 0 Å². The predicted octanol–water partition coefficient (Wildman–Crippen LogP) is 5.01. The number of piperidine rings is 1. The molecule has 0 spiro atoms. The number of hydrogen-bond donors (Lipinski definition) is 1. The molecule has 3 aromatic rings. The molecule has 5 nitrogen and oxygen atoms in total. The fourth-order valence-electron chi connectivity index (χ4n) is 5.43. The highest BCUT2D eigenvalue weighted by Gasteiger charge is 2.38. The molecular weight excluding hydrogens is 403 g/mol. The van der Waals surface area contributed by atoms with E-state index in [9.17, 15) is 9.50 Å². The Bertz CT molecular complexity index is 1000. The molecule has 0 amide bonds. The van der Waals surface area contributed by atoms with Gasteiger partial charge < -0.3 is 5.11 Å². The van der Waals surface area contributed by atoms with Gasteiger partial charge in [0.25, 0.3) is 0 Å². The first-order chi connectivity index (χ1) is 15.7. The lowest BCUT2D eigenvalue weighted by molar-refractivity contribution is -0.0181. The number of rotatable bonds is 5. The van der Waals surface area contributed by atoms with Crippen LogP contribution in [0.15, 0.2) is 60.8 Å². The largest absolute Gasteiger partial charge is 0.390 e. The topological polar surface area (TPSA) is 54.2 Å². The zero-order chi connectivity index (χ0) is 21.9. The summed E-state index contributed by atoms with van der Waals surface area (Å²) in [5, 5.41) is 19.8. The summed E-state index contributed by atoms with van der Waals surface area (Å²) in [5.41, 5.74) is 2.80. The van der Waals surface area contributed by atoms with Crippen molar-refractivity contribution in [3.63, 3.8) is 0 Å². The number of aliphatic hydroxyl groups is 1. The number of halogens is 1. The van der Waals surface area contributed by atoms with Crippen LogP contribution in [0.2, 0.25) is 0 Å². The minimum Gasteiger partial charge on any atom is -0.390 e. The summed E-state index contributed by atoms with van der Waals surface area (Å²) in [6.07, 6.45) is 8.73. The third-order valence-corrected chi connectivity index (χ3v) is 7.16. The molecule has 2 aliphatic rings. The van der Waals surface area contributed by atoms with Crippen LogP contribution in [0.25, 0.3) is 11.3 Å². The van der Waals surface area contributed by atoms with Crippen molar-refractivity contribution in [3.05, 3.63) is 72.2 Å². The molecule has 2 fully saturated rings. The second-order valence-corrected chi connectivity index (χ2v) is 9.35. The first-order valence-electron chi connectivity index (χ1n) is 11.8. The number of nitrogens with zero attached hydrogens (tertiary/aromatic N) is 4.